The summed E-state index contributed by atoms with van der Waals surface area (Å²) < 4.78 is 79.9. The Morgan fingerprint density at radius 3 is 2.21 bits per heavy atom. The fourth-order valence-corrected chi connectivity index (χ4v) is 2.63. The molecule has 0 saturated carbocycles. The highest BCUT2D eigenvalue weighted by Gasteiger charge is 2.41. The molecule has 29 heavy (non-hydrogen) atoms. The summed E-state index contributed by atoms with van der Waals surface area (Å²) in [6.07, 6.45) is -9.11. The molecule has 152 valence electrons. The quantitative estimate of drug-likeness (QED) is 0.579. The van der Waals surface area contributed by atoms with Gasteiger partial charge in [0, 0.05) is 5.69 Å². The summed E-state index contributed by atoms with van der Waals surface area (Å²) in [5.41, 5.74) is -2.74. The molecule has 0 spiro atoms. The number of rotatable bonds is 3. The van der Waals surface area contributed by atoms with Gasteiger partial charge in [-0.05, 0) is 37.3 Å². The Morgan fingerprint density at radius 2 is 1.62 bits per heavy atom. The number of hydrogen-bond acceptors (Lipinski definition) is 2. The van der Waals surface area contributed by atoms with Crippen LogP contribution in [0, 0.1) is 6.92 Å². The molecule has 0 unspecified atom stereocenters. The van der Waals surface area contributed by atoms with Gasteiger partial charge < -0.3 is 5.32 Å². The molecule has 2 aromatic carbocycles. The number of nitrogens with one attached hydrogen (secondary N) is 1. The standard InChI is InChI=1S/C19H13F6N3O/c1-11-5-7-13(8-6-11)27-17(29)15-10-26-28(16(15)19(23,24)25)14-4-2-3-12(9-14)18(20,21)22/h2-10H,1H3,(H,27,29). The van der Waals surface area contributed by atoms with E-state index >= 15 is 0 Å². The molecular formula is C19H13F6N3O. The Hall–Kier alpha value is -3.30. The van der Waals surface area contributed by atoms with Crippen molar-refractivity contribution in [1.29, 1.82) is 0 Å². The van der Waals surface area contributed by atoms with Crippen molar-refractivity contribution >= 4 is 11.6 Å². The van der Waals surface area contributed by atoms with Crippen LogP contribution in [0.4, 0.5) is 32.0 Å². The Morgan fingerprint density at radius 1 is 0.966 bits per heavy atom. The van der Waals surface area contributed by atoms with Crippen molar-refractivity contribution in [3.63, 3.8) is 0 Å². The number of amides is 1. The van der Waals surface area contributed by atoms with E-state index in [1.165, 1.54) is 12.1 Å². The van der Waals surface area contributed by atoms with E-state index in [2.05, 4.69) is 10.4 Å². The number of anilines is 1. The maximum absolute atomic E-state index is 13.7. The van der Waals surface area contributed by atoms with E-state index in [-0.39, 0.29) is 10.4 Å². The van der Waals surface area contributed by atoms with E-state index in [0.717, 1.165) is 23.8 Å². The summed E-state index contributed by atoms with van der Waals surface area (Å²) in [6.45, 7) is 1.80. The second kappa shape index (κ2) is 7.26. The Bertz CT molecular complexity index is 1040. The number of hydrogen-bond donors (Lipinski definition) is 1. The summed E-state index contributed by atoms with van der Waals surface area (Å²) >= 11 is 0. The van der Waals surface area contributed by atoms with Crippen LogP contribution in [0.5, 0.6) is 0 Å². The van der Waals surface area contributed by atoms with Crippen LogP contribution in [-0.4, -0.2) is 15.7 Å². The molecule has 3 aromatic rings. The topological polar surface area (TPSA) is 46.9 Å². The van der Waals surface area contributed by atoms with E-state index in [1.807, 2.05) is 0 Å². The fourth-order valence-electron chi connectivity index (χ4n) is 2.63. The van der Waals surface area contributed by atoms with Crippen molar-refractivity contribution < 1.29 is 31.1 Å². The normalized spacial score (nSPS) is 12.1. The van der Waals surface area contributed by atoms with Gasteiger partial charge in [-0.1, -0.05) is 23.8 Å². The molecule has 4 nitrogen and oxygen atoms in total. The molecule has 1 amide bonds. The average Bonchev–Trinajstić information content (AvgIpc) is 3.09. The minimum absolute atomic E-state index is 0.264. The average molecular weight is 413 g/mol. The number of alkyl halides is 6. The predicted octanol–water partition coefficient (Wildman–Crippen LogP) is 5.47. The van der Waals surface area contributed by atoms with Crippen molar-refractivity contribution in [2.24, 2.45) is 0 Å². The van der Waals surface area contributed by atoms with E-state index in [4.69, 9.17) is 0 Å². The first-order chi connectivity index (χ1) is 13.5. The lowest BCUT2D eigenvalue weighted by Crippen LogP contribution is -2.21. The predicted molar refractivity (Wildman–Crippen MR) is 92.7 cm³/mol. The zero-order valence-electron chi connectivity index (χ0n) is 14.8. The molecule has 0 saturated heterocycles. The highest BCUT2D eigenvalue weighted by Crippen LogP contribution is 2.35. The lowest BCUT2D eigenvalue weighted by molar-refractivity contribution is -0.143. The van der Waals surface area contributed by atoms with E-state index < -0.39 is 40.8 Å². The van der Waals surface area contributed by atoms with Crippen LogP contribution in [0.15, 0.2) is 54.7 Å². The van der Waals surface area contributed by atoms with Crippen LogP contribution in [0.25, 0.3) is 5.69 Å². The smallest absolute Gasteiger partial charge is 0.322 e. The molecule has 0 aliphatic rings. The minimum atomic E-state index is -5.04. The van der Waals surface area contributed by atoms with Crippen LogP contribution < -0.4 is 5.32 Å². The van der Waals surface area contributed by atoms with Gasteiger partial charge in [-0.25, -0.2) is 4.68 Å². The van der Waals surface area contributed by atoms with Crippen LogP contribution >= 0.6 is 0 Å². The summed E-state index contributed by atoms with van der Waals surface area (Å²) in [7, 11) is 0. The number of halogens is 6. The highest BCUT2D eigenvalue weighted by atomic mass is 19.4. The monoisotopic (exact) mass is 413 g/mol. The molecule has 1 aromatic heterocycles. The molecule has 1 N–H and O–H groups in total. The van der Waals surface area contributed by atoms with Crippen molar-refractivity contribution in [2.45, 2.75) is 19.3 Å². The molecule has 0 radical (unpaired) electrons. The van der Waals surface area contributed by atoms with Crippen molar-refractivity contribution in [1.82, 2.24) is 9.78 Å². The van der Waals surface area contributed by atoms with Gasteiger partial charge >= 0.3 is 12.4 Å². The lowest BCUT2D eigenvalue weighted by Gasteiger charge is -2.14. The van der Waals surface area contributed by atoms with Crippen LogP contribution in [0.3, 0.4) is 0 Å². The lowest BCUT2D eigenvalue weighted by atomic mass is 10.1. The molecule has 10 heteroatoms. The van der Waals surface area contributed by atoms with Gasteiger partial charge in [-0.2, -0.15) is 31.4 Å². The Balaban J connectivity index is 2.04. The summed E-state index contributed by atoms with van der Waals surface area (Å²) in [5.74, 6) is -1.08. The Kier molecular flexibility index (Phi) is 5.12. The molecule has 1 heterocycles. The number of nitrogens with zero attached hydrogens (tertiary/aromatic N) is 2. The van der Waals surface area contributed by atoms with Crippen molar-refractivity contribution in [2.75, 3.05) is 5.32 Å². The first-order valence-corrected chi connectivity index (χ1v) is 8.17. The number of carbonyl (C=O) groups excluding carboxylic acids is 1. The summed E-state index contributed by atoms with van der Waals surface area (Å²) in [4.78, 5) is 12.4. The summed E-state index contributed by atoms with van der Waals surface area (Å²) in [5, 5.41) is 5.85. The maximum atomic E-state index is 13.7. The molecule has 3 rings (SSSR count). The third kappa shape index (κ3) is 4.41. The number of aryl methyl sites for hydroxylation is 1. The number of carbonyl (C=O) groups is 1. The van der Waals surface area contributed by atoms with Crippen LogP contribution in [0.2, 0.25) is 0 Å². The summed E-state index contributed by atoms with van der Waals surface area (Å²) in [6, 6.07) is 9.61. The third-order valence-corrected chi connectivity index (χ3v) is 4.01. The molecule has 0 fully saturated rings. The van der Waals surface area contributed by atoms with Gasteiger partial charge in [-0.15, -0.1) is 0 Å². The first-order valence-electron chi connectivity index (χ1n) is 8.17. The molecule has 0 atom stereocenters. The molecular weight excluding hydrogens is 400 g/mol. The van der Waals surface area contributed by atoms with Gasteiger partial charge in [0.15, 0.2) is 5.69 Å². The largest absolute Gasteiger partial charge is 0.434 e. The number of aromatic nitrogens is 2. The van der Waals surface area contributed by atoms with E-state index in [1.54, 1.807) is 19.1 Å². The zero-order valence-corrected chi connectivity index (χ0v) is 14.8. The minimum Gasteiger partial charge on any atom is -0.322 e. The van der Waals surface area contributed by atoms with Crippen LogP contribution in [-0.2, 0) is 12.4 Å². The second-order valence-corrected chi connectivity index (χ2v) is 6.18. The van der Waals surface area contributed by atoms with Crippen LogP contribution in [0.1, 0.15) is 27.2 Å². The van der Waals surface area contributed by atoms with Gasteiger partial charge in [-0.3, -0.25) is 4.79 Å². The van der Waals surface area contributed by atoms with E-state index in [9.17, 15) is 31.1 Å². The van der Waals surface area contributed by atoms with Gasteiger partial charge in [0.25, 0.3) is 5.91 Å². The molecule has 0 aliphatic heterocycles. The van der Waals surface area contributed by atoms with E-state index in [0.29, 0.717) is 12.3 Å². The molecule has 0 bridgehead atoms. The van der Waals surface area contributed by atoms with Crippen molar-refractivity contribution in [3.05, 3.63) is 77.1 Å². The van der Waals surface area contributed by atoms with Gasteiger partial charge in [0.2, 0.25) is 0 Å². The van der Waals surface area contributed by atoms with Crippen molar-refractivity contribution in [3.8, 4) is 5.69 Å². The third-order valence-electron chi connectivity index (χ3n) is 4.01. The van der Waals surface area contributed by atoms with Gasteiger partial charge in [0.1, 0.15) is 0 Å². The maximum Gasteiger partial charge on any atom is 0.434 e. The second-order valence-electron chi connectivity index (χ2n) is 6.18. The van der Waals surface area contributed by atoms with Gasteiger partial charge in [0.05, 0.1) is 23.0 Å². The first kappa shape index (κ1) is 20.4. The SMILES string of the molecule is Cc1ccc(NC(=O)c2cnn(-c3cccc(C(F)(F)F)c3)c2C(F)(F)F)cc1. The Labute approximate surface area is 160 Å². The zero-order chi connectivity index (χ0) is 21.4. The fraction of sp³-hybridized carbons (Fsp3) is 0.158. The molecule has 0 aliphatic carbocycles. The number of benzene rings is 2. The highest BCUT2D eigenvalue weighted by molar-refractivity contribution is 6.05.